The summed E-state index contributed by atoms with van der Waals surface area (Å²) in [6.07, 6.45) is 3.04. The molecule has 1 fully saturated rings. The van der Waals surface area contributed by atoms with E-state index in [9.17, 15) is 19.2 Å². The summed E-state index contributed by atoms with van der Waals surface area (Å²) >= 11 is 0. The largest absolute Gasteiger partial charge is 0.324 e. The SMILES string of the molecule is NN1C(=O)C(=O)c2cc(C(=O)c3ccccn3)cc(NC(=O)C3CC3)c21. The molecule has 2 amide bonds. The van der Waals surface area contributed by atoms with Crippen LogP contribution in [0.15, 0.2) is 36.5 Å². The number of amides is 2. The molecule has 130 valence electrons. The lowest BCUT2D eigenvalue weighted by Gasteiger charge is -2.16. The van der Waals surface area contributed by atoms with Crippen molar-refractivity contribution in [3.63, 3.8) is 0 Å². The highest BCUT2D eigenvalue weighted by molar-refractivity contribution is 6.53. The van der Waals surface area contributed by atoms with Crippen LogP contribution in [0.25, 0.3) is 0 Å². The van der Waals surface area contributed by atoms with Crippen LogP contribution in [0.3, 0.4) is 0 Å². The number of aromatic nitrogens is 1. The predicted octanol–water partition coefficient (Wildman–Crippen LogP) is 1.06. The molecule has 2 aromatic rings. The summed E-state index contributed by atoms with van der Waals surface area (Å²) < 4.78 is 0. The smallest absolute Gasteiger partial charge is 0.313 e. The second-order valence-electron chi connectivity index (χ2n) is 6.23. The second-order valence-corrected chi connectivity index (χ2v) is 6.23. The summed E-state index contributed by atoms with van der Waals surface area (Å²) in [7, 11) is 0. The molecule has 4 rings (SSSR count). The van der Waals surface area contributed by atoms with Gasteiger partial charge in [0.15, 0.2) is 0 Å². The highest BCUT2D eigenvalue weighted by atomic mass is 16.2. The van der Waals surface area contributed by atoms with Crippen molar-refractivity contribution in [3.8, 4) is 0 Å². The van der Waals surface area contributed by atoms with E-state index in [4.69, 9.17) is 5.84 Å². The minimum Gasteiger partial charge on any atom is -0.324 e. The van der Waals surface area contributed by atoms with Crippen LogP contribution in [-0.4, -0.2) is 28.4 Å². The molecule has 3 N–H and O–H groups in total. The molecule has 0 spiro atoms. The van der Waals surface area contributed by atoms with Crippen molar-refractivity contribution >= 4 is 34.8 Å². The third-order valence-electron chi connectivity index (χ3n) is 4.37. The standard InChI is InChI=1S/C18H14N4O4/c19-22-14-11(16(24)18(22)26)7-10(15(23)12-3-1-2-6-20-12)8-13(14)21-17(25)9-4-5-9/h1-3,6-9H,4-5,19H2,(H,21,25). The van der Waals surface area contributed by atoms with E-state index in [0.29, 0.717) is 5.01 Å². The van der Waals surface area contributed by atoms with Crippen molar-refractivity contribution in [2.75, 3.05) is 10.3 Å². The van der Waals surface area contributed by atoms with E-state index < -0.39 is 17.5 Å². The van der Waals surface area contributed by atoms with Gasteiger partial charge in [0.2, 0.25) is 11.7 Å². The number of nitrogens with two attached hydrogens (primary N) is 1. The minimum absolute atomic E-state index is 0.00891. The number of carbonyl (C=O) groups excluding carboxylic acids is 4. The zero-order chi connectivity index (χ0) is 18.4. The van der Waals surface area contributed by atoms with Crippen molar-refractivity contribution < 1.29 is 19.2 Å². The maximum absolute atomic E-state index is 12.7. The lowest BCUT2D eigenvalue weighted by Crippen LogP contribution is -2.36. The molecule has 8 heteroatoms. The van der Waals surface area contributed by atoms with Crippen LogP contribution < -0.4 is 16.2 Å². The Bertz CT molecular complexity index is 967. The molecule has 1 aliphatic heterocycles. The van der Waals surface area contributed by atoms with Gasteiger partial charge in [-0.05, 0) is 37.1 Å². The van der Waals surface area contributed by atoms with Gasteiger partial charge in [-0.2, -0.15) is 0 Å². The summed E-state index contributed by atoms with van der Waals surface area (Å²) in [6, 6.07) is 7.61. The van der Waals surface area contributed by atoms with Crippen LogP contribution in [0.2, 0.25) is 0 Å². The number of hydrogen-bond donors (Lipinski definition) is 2. The predicted molar refractivity (Wildman–Crippen MR) is 91.5 cm³/mol. The maximum Gasteiger partial charge on any atom is 0.313 e. The van der Waals surface area contributed by atoms with Crippen LogP contribution in [0.1, 0.15) is 39.3 Å². The van der Waals surface area contributed by atoms with E-state index in [0.717, 1.165) is 12.8 Å². The monoisotopic (exact) mass is 350 g/mol. The fourth-order valence-corrected chi connectivity index (χ4v) is 2.84. The Morgan fingerprint density at radius 1 is 1.19 bits per heavy atom. The fraction of sp³-hybridized carbons (Fsp3) is 0.167. The number of hydrazine groups is 1. The first-order valence-corrected chi connectivity index (χ1v) is 8.05. The molecule has 0 radical (unpaired) electrons. The van der Waals surface area contributed by atoms with Gasteiger partial charge in [0, 0.05) is 17.7 Å². The Kier molecular flexibility index (Phi) is 3.62. The van der Waals surface area contributed by atoms with Crippen LogP contribution in [0, 0.1) is 5.92 Å². The first kappa shape index (κ1) is 16.1. The normalized spacial score (nSPS) is 15.8. The van der Waals surface area contributed by atoms with E-state index in [1.807, 2.05) is 0 Å². The summed E-state index contributed by atoms with van der Waals surface area (Å²) in [6.45, 7) is 0. The number of nitrogens with zero attached hydrogens (tertiary/aromatic N) is 2. The van der Waals surface area contributed by atoms with Gasteiger partial charge >= 0.3 is 5.91 Å². The number of nitrogens with one attached hydrogen (secondary N) is 1. The molecule has 1 aromatic carbocycles. The molecule has 2 aliphatic rings. The van der Waals surface area contributed by atoms with E-state index in [1.165, 1.54) is 18.3 Å². The van der Waals surface area contributed by atoms with Crippen molar-refractivity contribution in [3.05, 3.63) is 53.3 Å². The Morgan fingerprint density at radius 2 is 1.96 bits per heavy atom. The van der Waals surface area contributed by atoms with Gasteiger partial charge in [-0.25, -0.2) is 10.9 Å². The molecule has 8 nitrogen and oxygen atoms in total. The summed E-state index contributed by atoms with van der Waals surface area (Å²) in [5, 5.41) is 3.39. The lowest BCUT2D eigenvalue weighted by atomic mass is 10.0. The van der Waals surface area contributed by atoms with Crippen LogP contribution in [0.4, 0.5) is 11.4 Å². The Morgan fingerprint density at radius 3 is 2.62 bits per heavy atom. The number of hydrogen-bond acceptors (Lipinski definition) is 6. The van der Waals surface area contributed by atoms with E-state index in [2.05, 4.69) is 10.3 Å². The number of ketones is 2. The first-order valence-electron chi connectivity index (χ1n) is 8.05. The molecule has 2 heterocycles. The molecular formula is C18H14N4O4. The molecular weight excluding hydrogens is 336 g/mol. The third-order valence-corrected chi connectivity index (χ3v) is 4.37. The molecule has 0 saturated heterocycles. The Balaban J connectivity index is 1.81. The van der Waals surface area contributed by atoms with Gasteiger partial charge in [0.25, 0.3) is 5.78 Å². The topological polar surface area (TPSA) is 122 Å². The molecule has 1 aliphatic carbocycles. The highest BCUT2D eigenvalue weighted by Crippen LogP contribution is 2.38. The average Bonchev–Trinajstić information content (AvgIpc) is 3.48. The van der Waals surface area contributed by atoms with Crippen LogP contribution in [-0.2, 0) is 9.59 Å². The van der Waals surface area contributed by atoms with Crippen molar-refractivity contribution in [2.45, 2.75) is 12.8 Å². The van der Waals surface area contributed by atoms with Gasteiger partial charge < -0.3 is 5.32 Å². The number of pyridine rings is 1. The molecule has 1 aromatic heterocycles. The molecule has 0 atom stereocenters. The summed E-state index contributed by atoms with van der Waals surface area (Å²) in [5.41, 5.74) is 0.593. The number of carbonyl (C=O) groups is 4. The van der Waals surface area contributed by atoms with Crippen molar-refractivity contribution in [1.29, 1.82) is 0 Å². The van der Waals surface area contributed by atoms with Gasteiger partial charge in [-0.3, -0.25) is 24.2 Å². The quantitative estimate of drug-likeness (QED) is 0.368. The van der Waals surface area contributed by atoms with Gasteiger partial charge in [-0.15, -0.1) is 0 Å². The maximum atomic E-state index is 12.7. The zero-order valence-electron chi connectivity index (χ0n) is 13.6. The number of rotatable bonds is 4. The van der Waals surface area contributed by atoms with Gasteiger partial charge in [-0.1, -0.05) is 6.07 Å². The second kappa shape index (κ2) is 5.85. The van der Waals surface area contributed by atoms with E-state index >= 15 is 0 Å². The van der Waals surface area contributed by atoms with E-state index in [1.54, 1.807) is 18.2 Å². The third kappa shape index (κ3) is 2.56. The van der Waals surface area contributed by atoms with Gasteiger partial charge in [0.05, 0.1) is 16.9 Å². The van der Waals surface area contributed by atoms with Gasteiger partial charge in [0.1, 0.15) is 5.69 Å². The molecule has 0 unspecified atom stereocenters. The number of anilines is 2. The molecule has 1 saturated carbocycles. The van der Waals surface area contributed by atoms with Crippen LogP contribution >= 0.6 is 0 Å². The molecule has 26 heavy (non-hydrogen) atoms. The summed E-state index contributed by atoms with van der Waals surface area (Å²) in [4.78, 5) is 53.0. The van der Waals surface area contributed by atoms with Crippen molar-refractivity contribution in [1.82, 2.24) is 4.98 Å². The minimum atomic E-state index is -0.913. The zero-order valence-corrected chi connectivity index (χ0v) is 13.6. The summed E-state index contributed by atoms with van der Waals surface area (Å²) in [5.74, 6) is 3.22. The number of benzene rings is 1. The number of fused-ring (bicyclic) bond motifs is 1. The highest BCUT2D eigenvalue weighted by Gasteiger charge is 2.39. The average molecular weight is 350 g/mol. The fourth-order valence-electron chi connectivity index (χ4n) is 2.84. The van der Waals surface area contributed by atoms with Crippen LogP contribution in [0.5, 0.6) is 0 Å². The Hall–Kier alpha value is -3.39. The lowest BCUT2D eigenvalue weighted by molar-refractivity contribution is -0.117. The van der Waals surface area contributed by atoms with E-state index in [-0.39, 0.29) is 40.0 Å². The Labute approximate surface area is 148 Å². The first-order chi connectivity index (χ1) is 12.5. The van der Waals surface area contributed by atoms with Crippen molar-refractivity contribution in [2.24, 2.45) is 11.8 Å². The number of Topliss-reactive ketones (excluding diaryl/α,β-unsaturated/α-hetero) is 1. The molecule has 0 bridgehead atoms.